The monoisotopic (exact) mass is 451 g/mol. The van der Waals surface area contributed by atoms with Gasteiger partial charge in [-0.05, 0) is 49.1 Å². The van der Waals surface area contributed by atoms with Gasteiger partial charge in [0.1, 0.15) is 4.90 Å². The molecule has 112 valence electrons. The summed E-state index contributed by atoms with van der Waals surface area (Å²) in [6.45, 7) is 0. The van der Waals surface area contributed by atoms with E-state index in [0.29, 0.717) is 10.2 Å². The fraction of sp³-hybridized carbons (Fsp3) is 0.231. The number of halogens is 2. The topological polar surface area (TPSA) is 66.4 Å². The molecule has 1 heterocycles. The number of thiophene rings is 1. The molecule has 2 unspecified atom stereocenters. The molecule has 0 bridgehead atoms. The van der Waals surface area contributed by atoms with Crippen molar-refractivity contribution >= 4 is 53.2 Å². The molecule has 1 aliphatic rings. The van der Waals surface area contributed by atoms with E-state index in [1.165, 1.54) is 11.3 Å². The zero-order valence-electron chi connectivity index (χ0n) is 10.6. The number of rotatable bonds is 3. The minimum atomic E-state index is -3.71. The number of aliphatic hydroxyl groups is 1. The van der Waals surface area contributed by atoms with Gasteiger partial charge >= 0.3 is 0 Å². The van der Waals surface area contributed by atoms with Gasteiger partial charge < -0.3 is 5.11 Å². The SMILES string of the molecule is O=S(=O)(NC1c2ccccc2CC1O)c1cc(Br)sc1Br. The molecule has 0 amide bonds. The molecule has 4 nitrogen and oxygen atoms in total. The highest BCUT2D eigenvalue weighted by Gasteiger charge is 2.35. The van der Waals surface area contributed by atoms with Crippen molar-refractivity contribution in [2.45, 2.75) is 23.5 Å². The summed E-state index contributed by atoms with van der Waals surface area (Å²) in [6.07, 6.45) is -0.296. The van der Waals surface area contributed by atoms with Gasteiger partial charge in [-0.3, -0.25) is 0 Å². The molecule has 2 atom stereocenters. The number of sulfonamides is 1. The summed E-state index contributed by atoms with van der Waals surface area (Å²) in [5, 5.41) is 10.1. The van der Waals surface area contributed by atoms with Crippen molar-refractivity contribution in [3.63, 3.8) is 0 Å². The Hall–Kier alpha value is -0.250. The number of benzene rings is 1. The van der Waals surface area contributed by atoms with Crippen LogP contribution in [0.25, 0.3) is 0 Å². The highest BCUT2D eigenvalue weighted by Crippen LogP contribution is 2.37. The molecule has 0 radical (unpaired) electrons. The Labute approximate surface area is 143 Å². The first-order chi connectivity index (χ1) is 9.88. The van der Waals surface area contributed by atoms with E-state index in [9.17, 15) is 13.5 Å². The van der Waals surface area contributed by atoms with Gasteiger partial charge in [0.15, 0.2) is 0 Å². The van der Waals surface area contributed by atoms with Crippen LogP contribution >= 0.6 is 43.2 Å². The van der Waals surface area contributed by atoms with E-state index >= 15 is 0 Å². The smallest absolute Gasteiger partial charge is 0.243 e. The summed E-state index contributed by atoms with van der Waals surface area (Å²) in [7, 11) is -3.71. The molecule has 2 N–H and O–H groups in total. The van der Waals surface area contributed by atoms with Crippen LogP contribution in [-0.4, -0.2) is 19.6 Å². The second-order valence-corrected chi connectivity index (χ2v) is 10.2. The second-order valence-electron chi connectivity index (χ2n) is 4.76. The molecule has 0 aliphatic heterocycles. The van der Waals surface area contributed by atoms with E-state index in [1.807, 2.05) is 24.3 Å². The van der Waals surface area contributed by atoms with Gasteiger partial charge in [-0.15, -0.1) is 11.3 Å². The van der Waals surface area contributed by atoms with Crippen LogP contribution in [0.15, 0.2) is 42.8 Å². The number of hydrogen-bond acceptors (Lipinski definition) is 4. The summed E-state index contributed by atoms with van der Waals surface area (Å²) in [5.74, 6) is 0. The third-order valence-electron chi connectivity index (χ3n) is 3.40. The van der Waals surface area contributed by atoms with Crippen LogP contribution in [-0.2, 0) is 16.4 Å². The van der Waals surface area contributed by atoms with Crippen molar-refractivity contribution in [1.29, 1.82) is 0 Å². The minimum absolute atomic E-state index is 0.177. The Morgan fingerprint density at radius 2 is 2.00 bits per heavy atom. The summed E-state index contributed by atoms with van der Waals surface area (Å²) in [5.41, 5.74) is 1.81. The lowest BCUT2D eigenvalue weighted by Crippen LogP contribution is -2.33. The Morgan fingerprint density at radius 1 is 1.29 bits per heavy atom. The molecule has 3 rings (SSSR count). The standard InChI is InChI=1S/C13H11Br2NO3S2/c14-11-6-10(13(15)20-11)21(18,19)16-12-8-4-2-1-3-7(8)5-9(12)17/h1-4,6,9,12,16-17H,5H2. The molecule has 0 spiro atoms. The molecule has 8 heteroatoms. The molecule has 0 saturated heterocycles. The first kappa shape index (κ1) is 15.6. The van der Waals surface area contributed by atoms with E-state index in [2.05, 4.69) is 36.6 Å². The highest BCUT2D eigenvalue weighted by molar-refractivity contribution is 9.12. The van der Waals surface area contributed by atoms with Crippen LogP contribution in [0.2, 0.25) is 0 Å². The van der Waals surface area contributed by atoms with Crippen LogP contribution in [0, 0.1) is 0 Å². The highest BCUT2D eigenvalue weighted by atomic mass is 79.9. The normalized spacial score (nSPS) is 21.5. The van der Waals surface area contributed by atoms with Crippen LogP contribution in [0.1, 0.15) is 17.2 Å². The minimum Gasteiger partial charge on any atom is -0.391 e. The van der Waals surface area contributed by atoms with Crippen molar-refractivity contribution in [3.05, 3.63) is 49.0 Å². The maximum absolute atomic E-state index is 12.5. The van der Waals surface area contributed by atoms with E-state index in [1.54, 1.807) is 6.07 Å². The summed E-state index contributed by atoms with van der Waals surface area (Å²) in [6, 6.07) is 8.41. The first-order valence-corrected chi connectivity index (χ1v) is 10.00. The Kier molecular flexibility index (Phi) is 4.28. The molecular formula is C13H11Br2NO3S2. The van der Waals surface area contributed by atoms with E-state index in [4.69, 9.17) is 0 Å². The lowest BCUT2D eigenvalue weighted by molar-refractivity contribution is 0.151. The van der Waals surface area contributed by atoms with E-state index < -0.39 is 22.2 Å². The zero-order valence-corrected chi connectivity index (χ0v) is 15.4. The van der Waals surface area contributed by atoms with Crippen LogP contribution < -0.4 is 4.72 Å². The van der Waals surface area contributed by atoms with Gasteiger partial charge in [0.05, 0.1) is 19.7 Å². The van der Waals surface area contributed by atoms with E-state index in [-0.39, 0.29) is 4.90 Å². The van der Waals surface area contributed by atoms with Crippen molar-refractivity contribution in [2.75, 3.05) is 0 Å². The predicted molar refractivity (Wildman–Crippen MR) is 88.9 cm³/mol. The predicted octanol–water partition coefficient (Wildman–Crippen LogP) is 3.21. The Balaban J connectivity index is 1.95. The number of fused-ring (bicyclic) bond motifs is 1. The van der Waals surface area contributed by atoms with Gasteiger partial charge in [-0.1, -0.05) is 24.3 Å². The van der Waals surface area contributed by atoms with Gasteiger partial charge in [0.25, 0.3) is 0 Å². The summed E-state index contributed by atoms with van der Waals surface area (Å²) in [4.78, 5) is 0.177. The summed E-state index contributed by atoms with van der Waals surface area (Å²) < 4.78 is 28.9. The molecule has 2 aromatic rings. The molecule has 1 aromatic carbocycles. The maximum atomic E-state index is 12.5. The molecule has 0 fully saturated rings. The molecule has 1 aromatic heterocycles. The van der Waals surface area contributed by atoms with Crippen molar-refractivity contribution in [3.8, 4) is 0 Å². The third kappa shape index (κ3) is 2.97. The van der Waals surface area contributed by atoms with Crippen molar-refractivity contribution in [2.24, 2.45) is 0 Å². The second kappa shape index (κ2) is 5.75. The van der Waals surface area contributed by atoms with E-state index in [0.717, 1.165) is 14.9 Å². The quantitative estimate of drug-likeness (QED) is 0.751. The van der Waals surface area contributed by atoms with Crippen molar-refractivity contribution < 1.29 is 13.5 Å². The Bertz CT molecular complexity index is 788. The molecule has 0 saturated carbocycles. The van der Waals surface area contributed by atoms with Crippen molar-refractivity contribution in [1.82, 2.24) is 4.72 Å². The lowest BCUT2D eigenvalue weighted by atomic mass is 10.1. The average molecular weight is 453 g/mol. The van der Waals surface area contributed by atoms with Crippen LogP contribution in [0.4, 0.5) is 0 Å². The Morgan fingerprint density at radius 3 is 2.67 bits per heavy atom. The first-order valence-electron chi connectivity index (χ1n) is 6.11. The fourth-order valence-electron chi connectivity index (χ4n) is 2.45. The number of aliphatic hydroxyl groups excluding tert-OH is 1. The van der Waals surface area contributed by atoms with Crippen LogP contribution in [0.3, 0.4) is 0 Å². The molecule has 21 heavy (non-hydrogen) atoms. The lowest BCUT2D eigenvalue weighted by Gasteiger charge is -2.17. The largest absolute Gasteiger partial charge is 0.391 e. The van der Waals surface area contributed by atoms with Gasteiger partial charge in [-0.25, -0.2) is 13.1 Å². The van der Waals surface area contributed by atoms with Gasteiger partial charge in [0.2, 0.25) is 10.0 Å². The maximum Gasteiger partial charge on any atom is 0.243 e. The fourth-order valence-corrected chi connectivity index (χ4v) is 7.52. The number of nitrogens with one attached hydrogen (secondary N) is 1. The average Bonchev–Trinajstić information content (AvgIpc) is 2.91. The van der Waals surface area contributed by atoms with Gasteiger partial charge in [-0.2, -0.15) is 0 Å². The summed E-state index contributed by atoms with van der Waals surface area (Å²) >= 11 is 7.82. The van der Waals surface area contributed by atoms with Crippen LogP contribution in [0.5, 0.6) is 0 Å². The molecular weight excluding hydrogens is 442 g/mol. The number of hydrogen-bond donors (Lipinski definition) is 2. The van der Waals surface area contributed by atoms with Gasteiger partial charge in [0, 0.05) is 6.42 Å². The zero-order chi connectivity index (χ0) is 15.2. The third-order valence-corrected chi connectivity index (χ3v) is 7.60. The molecule has 1 aliphatic carbocycles.